The molecule has 1 saturated carbocycles. The Morgan fingerprint density at radius 3 is 2.29 bits per heavy atom. The van der Waals surface area contributed by atoms with Gasteiger partial charge in [0.1, 0.15) is 0 Å². The van der Waals surface area contributed by atoms with Gasteiger partial charge in [-0.3, -0.25) is 9.59 Å². The Balaban J connectivity index is 1.53. The largest absolute Gasteiger partial charge is 0.481 e. The van der Waals surface area contributed by atoms with Gasteiger partial charge in [0, 0.05) is 19.5 Å². The first-order valence-electron chi connectivity index (χ1n) is 9.18. The lowest BCUT2D eigenvalue weighted by Gasteiger charge is -2.22. The van der Waals surface area contributed by atoms with E-state index in [2.05, 4.69) is 0 Å². The molecule has 1 saturated heterocycles. The summed E-state index contributed by atoms with van der Waals surface area (Å²) in [4.78, 5) is 26.1. The minimum absolute atomic E-state index is 0.0323. The van der Waals surface area contributed by atoms with Gasteiger partial charge >= 0.3 is 5.97 Å². The van der Waals surface area contributed by atoms with Crippen molar-refractivity contribution in [1.82, 2.24) is 4.90 Å². The zero-order chi connectivity index (χ0) is 16.9. The molecule has 4 nitrogen and oxygen atoms in total. The lowest BCUT2D eigenvalue weighted by Crippen LogP contribution is -2.32. The number of rotatable bonds is 6. The van der Waals surface area contributed by atoms with Crippen LogP contribution in [0.3, 0.4) is 0 Å². The number of carboxylic acids is 1. The second-order valence-electron chi connectivity index (χ2n) is 7.37. The number of aliphatic carboxylic acids is 1. The highest BCUT2D eigenvalue weighted by Crippen LogP contribution is 2.36. The summed E-state index contributed by atoms with van der Waals surface area (Å²) >= 11 is 0. The average molecular weight is 329 g/mol. The monoisotopic (exact) mass is 329 g/mol. The first-order chi connectivity index (χ1) is 11.6. The van der Waals surface area contributed by atoms with Crippen molar-refractivity contribution in [3.05, 3.63) is 35.9 Å². The highest BCUT2D eigenvalue weighted by atomic mass is 16.4. The van der Waals surface area contributed by atoms with Gasteiger partial charge in [0.05, 0.1) is 5.92 Å². The number of hydrogen-bond acceptors (Lipinski definition) is 2. The summed E-state index contributed by atoms with van der Waals surface area (Å²) in [7, 11) is 0. The molecule has 2 fully saturated rings. The van der Waals surface area contributed by atoms with Crippen LogP contribution in [-0.4, -0.2) is 35.0 Å². The zero-order valence-corrected chi connectivity index (χ0v) is 14.2. The number of likely N-dealkylation sites (tertiary alicyclic amines) is 1. The van der Waals surface area contributed by atoms with E-state index in [9.17, 15) is 14.7 Å². The van der Waals surface area contributed by atoms with E-state index in [-0.39, 0.29) is 12.3 Å². The number of aryl methyl sites for hydroxylation is 1. The van der Waals surface area contributed by atoms with Crippen molar-refractivity contribution in [3.63, 3.8) is 0 Å². The maximum Gasteiger partial charge on any atom is 0.307 e. The van der Waals surface area contributed by atoms with Crippen molar-refractivity contribution in [2.45, 2.75) is 44.9 Å². The van der Waals surface area contributed by atoms with Crippen LogP contribution < -0.4 is 0 Å². The van der Waals surface area contributed by atoms with Crippen molar-refractivity contribution in [2.24, 2.45) is 17.8 Å². The smallest absolute Gasteiger partial charge is 0.307 e. The third-order valence-electron chi connectivity index (χ3n) is 5.72. The average Bonchev–Trinajstić information content (AvgIpc) is 3.03. The van der Waals surface area contributed by atoms with Crippen LogP contribution in [0.2, 0.25) is 0 Å². The summed E-state index contributed by atoms with van der Waals surface area (Å²) in [5.41, 5.74) is 1.13. The van der Waals surface area contributed by atoms with Gasteiger partial charge in [-0.15, -0.1) is 0 Å². The van der Waals surface area contributed by atoms with Crippen LogP contribution in [0.1, 0.15) is 44.1 Å². The summed E-state index contributed by atoms with van der Waals surface area (Å²) in [6, 6.07) is 9.89. The number of carbonyl (C=O) groups is 2. The molecular weight excluding hydrogens is 302 g/mol. The van der Waals surface area contributed by atoms with Crippen molar-refractivity contribution < 1.29 is 14.7 Å². The van der Waals surface area contributed by atoms with Crippen LogP contribution >= 0.6 is 0 Å². The summed E-state index contributed by atoms with van der Waals surface area (Å²) in [6.45, 7) is 1.68. The molecule has 1 heterocycles. The second-order valence-corrected chi connectivity index (χ2v) is 7.37. The predicted molar refractivity (Wildman–Crippen MR) is 92.5 cm³/mol. The lowest BCUT2D eigenvalue weighted by molar-refractivity contribution is -0.146. The Kier molecular flexibility index (Phi) is 5.54. The van der Waals surface area contributed by atoms with Crippen LogP contribution in [0, 0.1) is 17.8 Å². The second kappa shape index (κ2) is 7.82. The number of carboxylic acid groups (broad SMARTS) is 1. The number of carbonyl (C=O) groups excluding carboxylic acids is 1. The molecule has 2 aliphatic rings. The number of fused-ring (bicyclic) bond motifs is 1. The van der Waals surface area contributed by atoms with Crippen LogP contribution in [0.5, 0.6) is 0 Å². The highest BCUT2D eigenvalue weighted by molar-refractivity contribution is 5.82. The molecule has 0 spiro atoms. The molecule has 2 unspecified atom stereocenters. The van der Waals surface area contributed by atoms with E-state index in [1.807, 2.05) is 35.2 Å². The number of benzene rings is 1. The molecule has 3 rings (SSSR count). The van der Waals surface area contributed by atoms with Gasteiger partial charge in [0.2, 0.25) is 5.91 Å². The summed E-state index contributed by atoms with van der Waals surface area (Å²) in [5, 5.41) is 9.48. The third kappa shape index (κ3) is 4.16. The van der Waals surface area contributed by atoms with Gasteiger partial charge in [-0.1, -0.05) is 43.2 Å². The van der Waals surface area contributed by atoms with Gasteiger partial charge in [0.25, 0.3) is 0 Å². The van der Waals surface area contributed by atoms with Crippen molar-refractivity contribution in [2.75, 3.05) is 13.1 Å². The van der Waals surface area contributed by atoms with Crippen LogP contribution in [0.4, 0.5) is 0 Å². The van der Waals surface area contributed by atoms with Gasteiger partial charge in [-0.2, -0.15) is 0 Å². The highest BCUT2D eigenvalue weighted by Gasteiger charge is 2.37. The van der Waals surface area contributed by atoms with Crippen molar-refractivity contribution >= 4 is 11.9 Å². The van der Waals surface area contributed by atoms with Crippen molar-refractivity contribution in [1.29, 1.82) is 0 Å². The number of hydrogen-bond donors (Lipinski definition) is 1. The quantitative estimate of drug-likeness (QED) is 0.870. The first kappa shape index (κ1) is 17.0. The maximum atomic E-state index is 12.6. The molecule has 1 aromatic carbocycles. The molecule has 24 heavy (non-hydrogen) atoms. The molecule has 1 N–H and O–H groups in total. The fourth-order valence-electron chi connectivity index (χ4n) is 4.25. The van der Waals surface area contributed by atoms with E-state index in [1.54, 1.807) is 0 Å². The summed E-state index contributed by atoms with van der Waals surface area (Å²) < 4.78 is 0. The Bertz CT molecular complexity index is 558. The van der Waals surface area contributed by atoms with Crippen LogP contribution in [-0.2, 0) is 16.0 Å². The minimum atomic E-state index is -0.851. The Labute approximate surface area is 143 Å². The van der Waals surface area contributed by atoms with Gasteiger partial charge < -0.3 is 10.0 Å². The Morgan fingerprint density at radius 1 is 1.08 bits per heavy atom. The van der Waals surface area contributed by atoms with Crippen LogP contribution in [0.15, 0.2) is 30.3 Å². The van der Waals surface area contributed by atoms with E-state index in [1.165, 1.54) is 25.7 Å². The summed E-state index contributed by atoms with van der Waals surface area (Å²) in [5.74, 6) is -0.105. The number of amides is 1. The molecule has 0 aromatic heterocycles. The van der Waals surface area contributed by atoms with E-state index >= 15 is 0 Å². The van der Waals surface area contributed by atoms with E-state index in [0.29, 0.717) is 24.7 Å². The molecule has 0 bridgehead atoms. The van der Waals surface area contributed by atoms with Gasteiger partial charge in [0.15, 0.2) is 0 Å². The van der Waals surface area contributed by atoms with Gasteiger partial charge in [-0.05, 0) is 43.1 Å². The molecule has 1 amide bonds. The lowest BCUT2D eigenvalue weighted by atomic mass is 9.82. The van der Waals surface area contributed by atoms with E-state index < -0.39 is 11.9 Å². The maximum absolute atomic E-state index is 12.6. The van der Waals surface area contributed by atoms with E-state index in [4.69, 9.17) is 0 Å². The zero-order valence-electron chi connectivity index (χ0n) is 14.2. The molecule has 1 aliphatic carbocycles. The minimum Gasteiger partial charge on any atom is -0.481 e. The van der Waals surface area contributed by atoms with Gasteiger partial charge in [-0.25, -0.2) is 0 Å². The SMILES string of the molecule is O=C(O)C(CCc1ccccc1)CC(=O)N1CC2CCCC[C@H]2C1. The predicted octanol–water partition coefficient (Wildman–Crippen LogP) is 3.36. The van der Waals surface area contributed by atoms with Crippen molar-refractivity contribution in [3.8, 4) is 0 Å². The third-order valence-corrected chi connectivity index (χ3v) is 5.72. The molecule has 3 atom stereocenters. The fraction of sp³-hybridized carbons (Fsp3) is 0.600. The summed E-state index contributed by atoms with van der Waals surface area (Å²) in [6.07, 6.45) is 6.37. The molecule has 0 radical (unpaired) electrons. The van der Waals surface area contributed by atoms with E-state index in [0.717, 1.165) is 18.7 Å². The fourth-order valence-corrected chi connectivity index (χ4v) is 4.25. The Hall–Kier alpha value is -1.84. The molecule has 4 heteroatoms. The Morgan fingerprint density at radius 2 is 1.71 bits per heavy atom. The molecule has 1 aliphatic heterocycles. The first-order valence-corrected chi connectivity index (χ1v) is 9.18. The van der Waals surface area contributed by atoms with Crippen LogP contribution in [0.25, 0.3) is 0 Å². The number of nitrogens with zero attached hydrogens (tertiary/aromatic N) is 1. The topological polar surface area (TPSA) is 57.6 Å². The molecule has 1 aromatic rings. The standard InChI is InChI=1S/C20H27NO3/c22-19(21-13-17-8-4-5-9-18(17)14-21)12-16(20(23)24)11-10-15-6-2-1-3-7-15/h1-3,6-7,16-18H,4-5,8-14H2,(H,23,24)/t16?,17-,18?/m0/s1. The molecule has 130 valence electrons. The normalized spacial score (nSPS) is 24.4. The molecular formula is C20H27NO3.